The second kappa shape index (κ2) is 9.27. The van der Waals surface area contributed by atoms with Crippen LogP contribution in [-0.2, 0) is 16.8 Å². The van der Waals surface area contributed by atoms with Crippen LogP contribution >= 0.6 is 0 Å². The van der Waals surface area contributed by atoms with Crippen molar-refractivity contribution in [2.45, 2.75) is 53.0 Å². The minimum absolute atomic E-state index is 0.0415. The van der Waals surface area contributed by atoms with Crippen LogP contribution in [0.5, 0.6) is 0 Å². The molecule has 5 rings (SSSR count). The number of aromatic nitrogens is 5. The number of nitrogens with zero attached hydrogens (tertiary/aromatic N) is 5. The lowest BCUT2D eigenvalue weighted by Gasteiger charge is -2.20. The first-order valence-corrected chi connectivity index (χ1v) is 12.5. The second-order valence-corrected chi connectivity index (χ2v) is 11.2. The van der Waals surface area contributed by atoms with E-state index in [2.05, 4.69) is 51.5 Å². The zero-order valence-electron chi connectivity index (χ0n) is 22.1. The zero-order valence-corrected chi connectivity index (χ0v) is 22.1. The van der Waals surface area contributed by atoms with Crippen molar-refractivity contribution in [2.24, 2.45) is 5.41 Å². The molecule has 4 aromatic rings. The lowest BCUT2D eigenvalue weighted by atomic mass is 9.85. The summed E-state index contributed by atoms with van der Waals surface area (Å²) in [5.74, 6) is -0.535. The number of hydrogen-bond acceptors (Lipinski definition) is 6. The highest BCUT2D eigenvalue weighted by atomic mass is 19.1. The highest BCUT2D eigenvalue weighted by molar-refractivity contribution is 6.09. The monoisotopic (exact) mass is 515 g/mol. The van der Waals surface area contributed by atoms with Crippen molar-refractivity contribution >= 4 is 28.7 Å². The zero-order chi connectivity index (χ0) is 27.2. The molecule has 3 aromatic heterocycles. The van der Waals surface area contributed by atoms with Gasteiger partial charge < -0.3 is 10.6 Å². The van der Waals surface area contributed by atoms with Gasteiger partial charge in [-0.05, 0) is 43.9 Å². The summed E-state index contributed by atoms with van der Waals surface area (Å²) in [7, 11) is 0. The van der Waals surface area contributed by atoms with Gasteiger partial charge in [0, 0.05) is 23.9 Å². The normalized spacial score (nSPS) is 14.4. The molecule has 0 unspecified atom stereocenters. The van der Waals surface area contributed by atoms with Crippen LogP contribution in [0.3, 0.4) is 0 Å². The van der Waals surface area contributed by atoms with Crippen molar-refractivity contribution in [3.63, 3.8) is 0 Å². The van der Waals surface area contributed by atoms with E-state index in [0.29, 0.717) is 34.4 Å². The van der Waals surface area contributed by atoms with E-state index in [4.69, 9.17) is 0 Å². The minimum Gasteiger partial charge on any atom is -0.351 e. The van der Waals surface area contributed by atoms with Gasteiger partial charge in [0.25, 0.3) is 5.91 Å². The number of pyridine rings is 1. The van der Waals surface area contributed by atoms with Gasteiger partial charge in [-0.3, -0.25) is 9.59 Å². The first kappa shape index (κ1) is 25.4. The van der Waals surface area contributed by atoms with E-state index < -0.39 is 5.41 Å². The Labute approximate surface area is 219 Å². The van der Waals surface area contributed by atoms with E-state index in [1.54, 1.807) is 49.0 Å². The fourth-order valence-corrected chi connectivity index (χ4v) is 4.50. The highest BCUT2D eigenvalue weighted by Crippen LogP contribution is 2.39. The summed E-state index contributed by atoms with van der Waals surface area (Å²) >= 11 is 0. The molecule has 0 aliphatic carbocycles. The Morgan fingerprint density at radius 1 is 1.13 bits per heavy atom. The molecule has 0 atom stereocenters. The molecule has 0 fully saturated rings. The third kappa shape index (κ3) is 4.62. The molecule has 2 N–H and O–H groups in total. The van der Waals surface area contributed by atoms with Gasteiger partial charge in [-0.1, -0.05) is 39.0 Å². The lowest BCUT2D eigenvalue weighted by Crippen LogP contribution is -2.33. The Kier molecular flexibility index (Phi) is 6.21. The molecule has 1 aromatic carbocycles. The molecule has 9 nitrogen and oxygen atoms in total. The molecule has 0 saturated carbocycles. The van der Waals surface area contributed by atoms with Crippen LogP contribution in [0, 0.1) is 11.2 Å². The molecule has 4 heterocycles. The van der Waals surface area contributed by atoms with Crippen molar-refractivity contribution < 1.29 is 14.0 Å². The van der Waals surface area contributed by atoms with Crippen LogP contribution in [-0.4, -0.2) is 43.1 Å². The van der Waals surface area contributed by atoms with Crippen molar-refractivity contribution in [2.75, 3.05) is 11.9 Å². The Morgan fingerprint density at radius 2 is 1.89 bits per heavy atom. The molecule has 196 valence electrons. The summed E-state index contributed by atoms with van der Waals surface area (Å²) in [6, 6.07) is 10.1. The number of amides is 2. The third-order valence-electron chi connectivity index (χ3n) is 6.71. The molecule has 0 saturated heterocycles. The van der Waals surface area contributed by atoms with Crippen molar-refractivity contribution in [3.8, 4) is 11.5 Å². The largest absolute Gasteiger partial charge is 0.351 e. The first-order valence-electron chi connectivity index (χ1n) is 12.5. The van der Waals surface area contributed by atoms with E-state index in [9.17, 15) is 14.0 Å². The molecule has 2 amide bonds. The number of hydrogen-bond donors (Lipinski definition) is 2. The predicted octanol–water partition coefficient (Wildman–Crippen LogP) is 4.47. The molecule has 0 spiro atoms. The molecule has 1 aliphatic rings. The average molecular weight is 516 g/mol. The summed E-state index contributed by atoms with van der Waals surface area (Å²) in [6.45, 7) is 10.4. The Morgan fingerprint density at radius 3 is 2.63 bits per heavy atom. The molecular weight excluding hydrogens is 485 g/mol. The van der Waals surface area contributed by atoms with Crippen molar-refractivity contribution in [1.29, 1.82) is 0 Å². The summed E-state index contributed by atoms with van der Waals surface area (Å²) in [6.07, 6.45) is 2.40. The molecule has 1 aliphatic heterocycles. The van der Waals surface area contributed by atoms with E-state index >= 15 is 0 Å². The van der Waals surface area contributed by atoms with Gasteiger partial charge in [0.15, 0.2) is 11.5 Å². The van der Waals surface area contributed by atoms with Gasteiger partial charge in [0.05, 0.1) is 17.3 Å². The van der Waals surface area contributed by atoms with Gasteiger partial charge in [-0.15, -0.1) is 0 Å². The quantitative estimate of drug-likeness (QED) is 0.392. The first-order chi connectivity index (χ1) is 18.0. The number of benzene rings is 1. The standard InChI is InChI=1S/C28H30FN7O2/c1-27(2,3)12-14-31-25(37)21-19-22(34-26(38)28(19,4)5)33-23(32-21)20-17-10-8-13-30-24(17)36(35-20)15-16-9-6-7-11-18(16)29/h6-11,13H,12,14-15H2,1-5H3,(H,31,37)(H,32,33,34,38). The number of rotatable bonds is 6. The maximum Gasteiger partial charge on any atom is 0.270 e. The Balaban J connectivity index is 1.62. The van der Waals surface area contributed by atoms with Crippen LogP contribution in [0.2, 0.25) is 0 Å². The van der Waals surface area contributed by atoms with Gasteiger partial charge in [-0.25, -0.2) is 24.0 Å². The maximum absolute atomic E-state index is 14.4. The molecule has 10 heteroatoms. The van der Waals surface area contributed by atoms with E-state index in [-0.39, 0.29) is 46.9 Å². The minimum atomic E-state index is -0.988. The fourth-order valence-electron chi connectivity index (χ4n) is 4.50. The molecule has 38 heavy (non-hydrogen) atoms. The lowest BCUT2D eigenvalue weighted by molar-refractivity contribution is -0.119. The van der Waals surface area contributed by atoms with Crippen LogP contribution in [0.4, 0.5) is 10.2 Å². The number of anilines is 1. The summed E-state index contributed by atoms with van der Waals surface area (Å²) in [5.41, 5.74) is 0.996. The molecular formula is C28H30FN7O2. The Hall–Kier alpha value is -4.21. The predicted molar refractivity (Wildman–Crippen MR) is 142 cm³/mol. The van der Waals surface area contributed by atoms with Crippen LogP contribution in [0.25, 0.3) is 22.6 Å². The highest BCUT2D eigenvalue weighted by Gasteiger charge is 2.44. The average Bonchev–Trinajstić information content (AvgIpc) is 3.33. The summed E-state index contributed by atoms with van der Waals surface area (Å²) in [4.78, 5) is 39.9. The van der Waals surface area contributed by atoms with E-state index in [0.717, 1.165) is 6.42 Å². The maximum atomic E-state index is 14.4. The van der Waals surface area contributed by atoms with Gasteiger partial charge >= 0.3 is 0 Å². The number of carbonyl (C=O) groups is 2. The summed E-state index contributed by atoms with van der Waals surface area (Å²) < 4.78 is 16.0. The number of halogens is 1. The number of carbonyl (C=O) groups excluding carboxylic acids is 2. The molecule has 0 radical (unpaired) electrons. The topological polar surface area (TPSA) is 115 Å². The SMILES string of the molecule is CC(C)(C)CCNC(=O)c1nc(-c2nn(Cc3ccccc3F)c3ncccc23)nc2c1C(C)(C)C(=O)N2. The molecule has 0 bridgehead atoms. The van der Waals surface area contributed by atoms with Gasteiger partial charge in [-0.2, -0.15) is 5.10 Å². The van der Waals surface area contributed by atoms with Gasteiger partial charge in [0.2, 0.25) is 5.91 Å². The third-order valence-corrected chi connectivity index (χ3v) is 6.71. The van der Waals surface area contributed by atoms with E-state index in [1.807, 2.05) is 6.07 Å². The van der Waals surface area contributed by atoms with Crippen LogP contribution < -0.4 is 10.6 Å². The second-order valence-electron chi connectivity index (χ2n) is 11.2. The van der Waals surface area contributed by atoms with Crippen molar-refractivity contribution in [3.05, 3.63) is 65.2 Å². The van der Waals surface area contributed by atoms with Crippen molar-refractivity contribution in [1.82, 2.24) is 30.0 Å². The van der Waals surface area contributed by atoms with Crippen LogP contribution in [0.1, 0.15) is 62.7 Å². The van der Waals surface area contributed by atoms with E-state index in [1.165, 1.54) is 6.07 Å². The number of fused-ring (bicyclic) bond motifs is 2. The fraction of sp³-hybridized carbons (Fsp3) is 0.357. The Bertz CT molecular complexity index is 1570. The smallest absolute Gasteiger partial charge is 0.270 e. The van der Waals surface area contributed by atoms with Crippen LogP contribution in [0.15, 0.2) is 42.6 Å². The summed E-state index contributed by atoms with van der Waals surface area (Å²) in [5, 5.41) is 11.1. The van der Waals surface area contributed by atoms with Gasteiger partial charge in [0.1, 0.15) is 23.0 Å². The number of nitrogens with one attached hydrogen (secondary N) is 2.